The van der Waals surface area contributed by atoms with E-state index in [0.717, 1.165) is 35.2 Å². The Morgan fingerprint density at radius 1 is 1.50 bits per heavy atom. The van der Waals surface area contributed by atoms with Crippen LogP contribution in [0.2, 0.25) is 0 Å². The minimum absolute atomic E-state index is 0.128. The van der Waals surface area contributed by atoms with Gasteiger partial charge >= 0.3 is 0 Å². The van der Waals surface area contributed by atoms with Crippen LogP contribution in [0.1, 0.15) is 23.9 Å². The van der Waals surface area contributed by atoms with Crippen molar-refractivity contribution in [1.29, 1.82) is 0 Å². The molecule has 1 atom stereocenters. The van der Waals surface area contributed by atoms with Crippen molar-refractivity contribution in [2.45, 2.75) is 30.6 Å². The van der Waals surface area contributed by atoms with E-state index in [9.17, 15) is 4.79 Å². The number of likely N-dealkylation sites (tertiary alicyclic amines) is 1. The zero-order chi connectivity index (χ0) is 15.7. The molecular formula is C13H18N6OS2. The van der Waals surface area contributed by atoms with Gasteiger partial charge in [-0.05, 0) is 26.3 Å². The molecule has 1 aliphatic rings. The number of hydrogen-bond acceptors (Lipinski definition) is 7. The van der Waals surface area contributed by atoms with Gasteiger partial charge in [-0.25, -0.2) is 0 Å². The number of hydrogen-bond donors (Lipinski definition) is 1. The Morgan fingerprint density at radius 3 is 2.95 bits per heavy atom. The number of carbonyl (C=O) groups excluding carboxylic acids is 1. The molecule has 0 radical (unpaired) electrons. The van der Waals surface area contributed by atoms with Crippen LogP contribution in [0.4, 0.5) is 5.13 Å². The Morgan fingerprint density at radius 2 is 2.32 bits per heavy atom. The van der Waals surface area contributed by atoms with E-state index in [0.29, 0.717) is 10.9 Å². The summed E-state index contributed by atoms with van der Waals surface area (Å²) >= 11 is 2.70. The minimum Gasteiger partial charge on any atom is -0.374 e. The standard InChI is InChI=1S/C13H18N6OS2/c1-8-5-9(2)19(17-8)10-3-4-18(6-10)11(20)7-21-13-16-15-12(14)22-13/h5,10H,3-4,6-7H2,1-2H3,(H2,14,15)/t10-/m1/s1. The molecule has 0 saturated carbocycles. The van der Waals surface area contributed by atoms with Gasteiger partial charge in [-0.3, -0.25) is 9.48 Å². The van der Waals surface area contributed by atoms with Crippen molar-refractivity contribution in [3.05, 3.63) is 17.5 Å². The molecule has 7 nitrogen and oxygen atoms in total. The molecule has 1 fully saturated rings. The third-order valence-corrected chi connectivity index (χ3v) is 5.52. The highest BCUT2D eigenvalue weighted by molar-refractivity contribution is 8.01. The Bertz CT molecular complexity index is 682. The summed E-state index contributed by atoms with van der Waals surface area (Å²) < 4.78 is 2.78. The van der Waals surface area contributed by atoms with Crippen LogP contribution in [0.3, 0.4) is 0 Å². The predicted molar refractivity (Wildman–Crippen MR) is 87.0 cm³/mol. The lowest BCUT2D eigenvalue weighted by molar-refractivity contribution is -0.127. The molecule has 0 bridgehead atoms. The minimum atomic E-state index is 0.128. The maximum absolute atomic E-state index is 12.3. The van der Waals surface area contributed by atoms with Gasteiger partial charge in [0.2, 0.25) is 11.0 Å². The van der Waals surface area contributed by atoms with Crippen LogP contribution in [-0.2, 0) is 4.79 Å². The molecule has 3 heterocycles. The summed E-state index contributed by atoms with van der Waals surface area (Å²) in [5.41, 5.74) is 7.70. The van der Waals surface area contributed by atoms with Gasteiger partial charge in [0.25, 0.3) is 0 Å². The Kier molecular flexibility index (Phi) is 4.34. The van der Waals surface area contributed by atoms with Gasteiger partial charge in [0.15, 0.2) is 4.34 Å². The first-order chi connectivity index (χ1) is 10.5. The van der Waals surface area contributed by atoms with Crippen molar-refractivity contribution in [3.63, 3.8) is 0 Å². The lowest BCUT2D eigenvalue weighted by atomic mass is 10.2. The molecule has 0 unspecified atom stereocenters. The van der Waals surface area contributed by atoms with Gasteiger partial charge in [0.05, 0.1) is 17.5 Å². The highest BCUT2D eigenvalue weighted by Gasteiger charge is 2.28. The van der Waals surface area contributed by atoms with E-state index in [-0.39, 0.29) is 11.9 Å². The molecule has 1 saturated heterocycles. The average molecular weight is 338 g/mol. The van der Waals surface area contributed by atoms with E-state index in [1.54, 1.807) is 0 Å². The normalized spacial score (nSPS) is 18.1. The highest BCUT2D eigenvalue weighted by Crippen LogP contribution is 2.26. The molecule has 2 aromatic heterocycles. The van der Waals surface area contributed by atoms with Crippen LogP contribution in [-0.4, -0.2) is 49.6 Å². The van der Waals surface area contributed by atoms with Crippen LogP contribution in [0.15, 0.2) is 10.4 Å². The number of nitrogens with two attached hydrogens (primary N) is 1. The van der Waals surface area contributed by atoms with E-state index in [1.807, 2.05) is 16.5 Å². The van der Waals surface area contributed by atoms with Crippen LogP contribution in [0.5, 0.6) is 0 Å². The summed E-state index contributed by atoms with van der Waals surface area (Å²) in [6, 6.07) is 2.35. The molecular weight excluding hydrogens is 320 g/mol. The van der Waals surface area contributed by atoms with Gasteiger partial charge < -0.3 is 10.6 Å². The van der Waals surface area contributed by atoms with E-state index < -0.39 is 0 Å². The zero-order valence-electron chi connectivity index (χ0n) is 12.5. The highest BCUT2D eigenvalue weighted by atomic mass is 32.2. The summed E-state index contributed by atoms with van der Waals surface area (Å²) in [4.78, 5) is 14.2. The molecule has 1 aliphatic heterocycles. The average Bonchev–Trinajstić information content (AvgIpc) is 3.16. The Balaban J connectivity index is 1.55. The summed E-state index contributed by atoms with van der Waals surface area (Å²) in [7, 11) is 0. The molecule has 0 aliphatic carbocycles. The molecule has 0 spiro atoms. The predicted octanol–water partition coefficient (Wildman–Crippen LogP) is 1.50. The lowest BCUT2D eigenvalue weighted by Crippen LogP contribution is -2.30. The van der Waals surface area contributed by atoms with Crippen LogP contribution < -0.4 is 5.73 Å². The van der Waals surface area contributed by atoms with Crippen LogP contribution in [0, 0.1) is 13.8 Å². The number of nitrogens with zero attached hydrogens (tertiary/aromatic N) is 5. The molecule has 118 valence electrons. The first-order valence-corrected chi connectivity index (χ1v) is 8.85. The fourth-order valence-corrected chi connectivity index (χ4v) is 4.22. The number of carbonyl (C=O) groups is 1. The monoisotopic (exact) mass is 338 g/mol. The van der Waals surface area contributed by atoms with Gasteiger partial charge in [-0.1, -0.05) is 23.1 Å². The number of nitrogen functional groups attached to an aromatic ring is 1. The molecule has 0 aromatic carbocycles. The topological polar surface area (TPSA) is 89.9 Å². The fourth-order valence-electron chi connectivity index (χ4n) is 2.68. The van der Waals surface area contributed by atoms with E-state index in [1.165, 1.54) is 23.1 Å². The summed E-state index contributed by atoms with van der Waals surface area (Å²) in [5, 5.41) is 12.6. The van der Waals surface area contributed by atoms with Gasteiger partial charge in [-0.2, -0.15) is 5.10 Å². The smallest absolute Gasteiger partial charge is 0.233 e. The quantitative estimate of drug-likeness (QED) is 0.850. The van der Waals surface area contributed by atoms with Gasteiger partial charge in [0, 0.05) is 18.8 Å². The van der Waals surface area contributed by atoms with E-state index >= 15 is 0 Å². The van der Waals surface area contributed by atoms with Crippen LogP contribution >= 0.6 is 23.1 Å². The summed E-state index contributed by atoms with van der Waals surface area (Å²) in [6.07, 6.45) is 0.949. The molecule has 2 aromatic rings. The first kappa shape index (κ1) is 15.3. The van der Waals surface area contributed by atoms with E-state index in [4.69, 9.17) is 5.73 Å². The van der Waals surface area contributed by atoms with Crippen LogP contribution in [0.25, 0.3) is 0 Å². The largest absolute Gasteiger partial charge is 0.374 e. The van der Waals surface area contributed by atoms with Crippen molar-refractivity contribution >= 4 is 34.1 Å². The number of rotatable bonds is 4. The number of anilines is 1. The molecule has 3 rings (SSSR count). The van der Waals surface area contributed by atoms with E-state index in [2.05, 4.69) is 28.3 Å². The SMILES string of the molecule is Cc1cc(C)n([C@@H]2CCN(C(=O)CSc3nnc(N)s3)C2)n1. The van der Waals surface area contributed by atoms with Gasteiger partial charge in [0.1, 0.15) is 0 Å². The summed E-state index contributed by atoms with van der Waals surface area (Å²) in [6.45, 7) is 5.55. The zero-order valence-corrected chi connectivity index (χ0v) is 14.2. The summed E-state index contributed by atoms with van der Waals surface area (Å²) in [5.74, 6) is 0.501. The van der Waals surface area contributed by atoms with Crippen molar-refractivity contribution in [2.24, 2.45) is 0 Å². The lowest BCUT2D eigenvalue weighted by Gasteiger charge is -2.17. The van der Waals surface area contributed by atoms with Crippen molar-refractivity contribution in [1.82, 2.24) is 24.9 Å². The van der Waals surface area contributed by atoms with Crippen molar-refractivity contribution in [2.75, 3.05) is 24.6 Å². The molecule has 9 heteroatoms. The maximum Gasteiger partial charge on any atom is 0.233 e. The number of amides is 1. The second kappa shape index (κ2) is 6.25. The number of thioether (sulfide) groups is 1. The second-order valence-electron chi connectivity index (χ2n) is 5.35. The molecule has 22 heavy (non-hydrogen) atoms. The number of aryl methyl sites for hydroxylation is 2. The van der Waals surface area contributed by atoms with Crippen molar-refractivity contribution < 1.29 is 4.79 Å². The maximum atomic E-state index is 12.3. The molecule has 2 N–H and O–H groups in total. The fraction of sp³-hybridized carbons (Fsp3) is 0.538. The molecule has 1 amide bonds. The number of aromatic nitrogens is 4. The van der Waals surface area contributed by atoms with Gasteiger partial charge in [-0.15, -0.1) is 10.2 Å². The Hall–Kier alpha value is -1.61. The first-order valence-electron chi connectivity index (χ1n) is 7.05. The third-order valence-electron chi connectivity index (χ3n) is 3.65. The third kappa shape index (κ3) is 3.25. The Labute approximate surface area is 136 Å². The van der Waals surface area contributed by atoms with Crippen molar-refractivity contribution in [3.8, 4) is 0 Å². The second-order valence-corrected chi connectivity index (χ2v) is 7.58.